The molecule has 0 aliphatic carbocycles. The fourth-order valence-electron chi connectivity index (χ4n) is 3.08. The van der Waals surface area contributed by atoms with Gasteiger partial charge in [-0.05, 0) is 38.1 Å². The van der Waals surface area contributed by atoms with Crippen molar-refractivity contribution in [2.45, 2.75) is 20.0 Å². The Balaban J connectivity index is 1.73. The molecule has 138 valence electrons. The van der Waals surface area contributed by atoms with Gasteiger partial charge >= 0.3 is 0 Å². The van der Waals surface area contributed by atoms with Crippen molar-refractivity contribution in [3.8, 4) is 17.2 Å². The number of hydrogen-bond donors (Lipinski definition) is 0. The molecule has 1 aliphatic rings. The lowest BCUT2D eigenvalue weighted by Crippen LogP contribution is -2.42. The highest BCUT2D eigenvalue weighted by atomic mass is 19.1. The van der Waals surface area contributed by atoms with Crippen LogP contribution < -0.4 is 9.64 Å². The lowest BCUT2D eigenvalue weighted by atomic mass is 10.1. The summed E-state index contributed by atoms with van der Waals surface area (Å²) in [6.07, 6.45) is -0.318. The number of ether oxygens (including phenoxy) is 1. The number of fused-ring (bicyclic) bond motifs is 1. The summed E-state index contributed by atoms with van der Waals surface area (Å²) in [5.74, 6) is -0.747. The predicted molar refractivity (Wildman–Crippen MR) is 94.8 cm³/mol. The number of aromatic nitrogens is 1. The largest absolute Gasteiger partial charge is 0.487 e. The number of aryl methyl sites for hydroxylation is 1. The first kappa shape index (κ1) is 17.2. The second kappa shape index (κ2) is 6.50. The number of oxazole rings is 1. The molecule has 7 heteroatoms. The highest BCUT2D eigenvalue weighted by Gasteiger charge is 2.32. The van der Waals surface area contributed by atoms with E-state index in [0.717, 1.165) is 0 Å². The molecule has 0 N–H and O–H groups in total. The van der Waals surface area contributed by atoms with Crippen molar-refractivity contribution in [2.24, 2.45) is 0 Å². The summed E-state index contributed by atoms with van der Waals surface area (Å²) in [6, 6.07) is 10.0. The maximum absolute atomic E-state index is 14.0. The molecule has 5 nitrogen and oxygen atoms in total. The summed E-state index contributed by atoms with van der Waals surface area (Å²) in [5, 5.41) is 0. The van der Waals surface area contributed by atoms with E-state index in [1.807, 2.05) is 0 Å². The lowest BCUT2D eigenvalue weighted by Gasteiger charge is -2.33. The quantitative estimate of drug-likeness (QED) is 0.673. The smallest absolute Gasteiger partial charge is 0.280 e. The summed E-state index contributed by atoms with van der Waals surface area (Å²) in [5.41, 5.74) is 0.712. The molecule has 0 saturated carbocycles. The third kappa shape index (κ3) is 3.05. The minimum Gasteiger partial charge on any atom is -0.487 e. The van der Waals surface area contributed by atoms with E-state index in [1.165, 1.54) is 35.2 Å². The number of rotatable bonds is 2. The molecule has 2 heterocycles. The number of nitrogens with zero attached hydrogens (tertiary/aromatic N) is 2. The number of amides is 1. The normalized spacial score (nSPS) is 16.0. The molecule has 0 radical (unpaired) electrons. The number of anilines is 1. The molecule has 1 unspecified atom stereocenters. The molecular weight excluding hydrogens is 354 g/mol. The van der Waals surface area contributed by atoms with Crippen molar-refractivity contribution < 1.29 is 22.7 Å². The molecule has 2 aromatic carbocycles. The van der Waals surface area contributed by atoms with E-state index in [0.29, 0.717) is 5.69 Å². The second-order valence-electron chi connectivity index (χ2n) is 6.36. The van der Waals surface area contributed by atoms with E-state index < -0.39 is 17.5 Å². The zero-order valence-electron chi connectivity index (χ0n) is 14.7. The van der Waals surface area contributed by atoms with E-state index in [1.54, 1.807) is 26.0 Å². The molecule has 0 bridgehead atoms. The number of halogens is 2. The SMILES string of the molecule is Cc1oc(-c2ccccc2F)nc1C(=O)N1CC(C)Oc2cc(F)ccc21. The standard InChI is InChI=1S/C20H16F2N2O3/c1-11-10-24(16-8-7-13(21)9-17(16)26-11)20(25)18-12(2)27-19(23-18)14-5-3-4-6-15(14)22/h3-9,11H,10H2,1-2H3. The van der Waals surface area contributed by atoms with E-state index in [9.17, 15) is 13.6 Å². The van der Waals surface area contributed by atoms with Crippen LogP contribution >= 0.6 is 0 Å². The van der Waals surface area contributed by atoms with Crippen LogP contribution in [0, 0.1) is 18.6 Å². The second-order valence-corrected chi connectivity index (χ2v) is 6.36. The van der Waals surface area contributed by atoms with Crippen LogP contribution in [-0.4, -0.2) is 23.5 Å². The van der Waals surface area contributed by atoms with Crippen LogP contribution in [0.2, 0.25) is 0 Å². The first-order valence-electron chi connectivity index (χ1n) is 8.44. The molecule has 1 aromatic heterocycles. The summed E-state index contributed by atoms with van der Waals surface area (Å²) < 4.78 is 38.7. The van der Waals surface area contributed by atoms with Gasteiger partial charge in [-0.3, -0.25) is 9.69 Å². The van der Waals surface area contributed by atoms with E-state index >= 15 is 0 Å². The van der Waals surface area contributed by atoms with Crippen LogP contribution in [-0.2, 0) is 0 Å². The topological polar surface area (TPSA) is 55.6 Å². The van der Waals surface area contributed by atoms with Crippen molar-refractivity contribution in [1.29, 1.82) is 0 Å². The fraction of sp³-hybridized carbons (Fsp3) is 0.200. The van der Waals surface area contributed by atoms with Crippen molar-refractivity contribution in [2.75, 3.05) is 11.4 Å². The molecule has 1 amide bonds. The third-order valence-electron chi connectivity index (χ3n) is 4.33. The minimum absolute atomic E-state index is 0.0367. The van der Waals surface area contributed by atoms with Crippen LogP contribution in [0.5, 0.6) is 5.75 Å². The molecule has 27 heavy (non-hydrogen) atoms. The zero-order valence-corrected chi connectivity index (χ0v) is 14.7. The van der Waals surface area contributed by atoms with Crippen molar-refractivity contribution in [3.63, 3.8) is 0 Å². The monoisotopic (exact) mass is 370 g/mol. The van der Waals surface area contributed by atoms with Gasteiger partial charge in [0, 0.05) is 6.07 Å². The summed E-state index contributed by atoms with van der Waals surface area (Å²) in [7, 11) is 0. The molecule has 4 rings (SSSR count). The number of carbonyl (C=O) groups excluding carboxylic acids is 1. The van der Waals surface area contributed by atoms with Gasteiger partial charge in [0.05, 0.1) is 17.8 Å². The first-order valence-corrected chi connectivity index (χ1v) is 8.44. The van der Waals surface area contributed by atoms with E-state index in [2.05, 4.69) is 4.98 Å². The predicted octanol–water partition coefficient (Wildman–Crippen LogP) is 4.36. The van der Waals surface area contributed by atoms with Gasteiger partial charge in [0.1, 0.15) is 29.2 Å². The lowest BCUT2D eigenvalue weighted by molar-refractivity contribution is 0.0955. The van der Waals surface area contributed by atoms with Crippen LogP contribution in [0.25, 0.3) is 11.5 Å². The Hall–Kier alpha value is -3.22. The maximum Gasteiger partial charge on any atom is 0.280 e. The van der Waals surface area contributed by atoms with Gasteiger partial charge in [0.15, 0.2) is 5.69 Å². The van der Waals surface area contributed by atoms with E-state index in [-0.39, 0.29) is 41.3 Å². The van der Waals surface area contributed by atoms with Gasteiger partial charge in [-0.2, -0.15) is 0 Å². The van der Waals surface area contributed by atoms with Gasteiger partial charge in [0.2, 0.25) is 5.89 Å². The molecule has 1 aliphatic heterocycles. The summed E-state index contributed by atoms with van der Waals surface area (Å²) in [6.45, 7) is 3.66. The van der Waals surface area contributed by atoms with Gasteiger partial charge in [-0.15, -0.1) is 0 Å². The van der Waals surface area contributed by atoms with Gasteiger partial charge in [0.25, 0.3) is 5.91 Å². The molecular formula is C20H16F2N2O3. The third-order valence-corrected chi connectivity index (χ3v) is 4.33. The average molecular weight is 370 g/mol. The Morgan fingerprint density at radius 2 is 2.00 bits per heavy atom. The van der Waals surface area contributed by atoms with Crippen LogP contribution in [0.3, 0.4) is 0 Å². The Kier molecular flexibility index (Phi) is 4.14. The summed E-state index contributed by atoms with van der Waals surface area (Å²) >= 11 is 0. The molecule has 0 fully saturated rings. The maximum atomic E-state index is 14.0. The molecule has 3 aromatic rings. The van der Waals surface area contributed by atoms with E-state index in [4.69, 9.17) is 9.15 Å². The summed E-state index contributed by atoms with van der Waals surface area (Å²) in [4.78, 5) is 18.8. The number of carbonyl (C=O) groups is 1. The van der Waals surface area contributed by atoms with Crippen LogP contribution in [0.15, 0.2) is 46.9 Å². The zero-order chi connectivity index (χ0) is 19.1. The Labute approximate surface area is 154 Å². The average Bonchev–Trinajstić information content (AvgIpc) is 3.02. The first-order chi connectivity index (χ1) is 12.9. The Morgan fingerprint density at radius 1 is 1.22 bits per heavy atom. The number of hydrogen-bond acceptors (Lipinski definition) is 4. The van der Waals surface area contributed by atoms with Crippen molar-refractivity contribution >= 4 is 11.6 Å². The van der Waals surface area contributed by atoms with Gasteiger partial charge < -0.3 is 9.15 Å². The fourth-order valence-corrected chi connectivity index (χ4v) is 3.08. The highest BCUT2D eigenvalue weighted by Crippen LogP contribution is 2.35. The van der Waals surface area contributed by atoms with Crippen LogP contribution in [0.1, 0.15) is 23.2 Å². The highest BCUT2D eigenvalue weighted by molar-refractivity contribution is 6.06. The molecule has 0 saturated heterocycles. The Bertz CT molecular complexity index is 1030. The van der Waals surface area contributed by atoms with Crippen molar-refractivity contribution in [3.05, 3.63) is 65.6 Å². The molecule has 1 atom stereocenters. The Morgan fingerprint density at radius 3 is 2.78 bits per heavy atom. The molecule has 0 spiro atoms. The van der Waals surface area contributed by atoms with Crippen LogP contribution in [0.4, 0.5) is 14.5 Å². The van der Waals surface area contributed by atoms with Crippen molar-refractivity contribution in [1.82, 2.24) is 4.98 Å². The number of benzene rings is 2. The van der Waals surface area contributed by atoms with Gasteiger partial charge in [-0.1, -0.05) is 12.1 Å². The van der Waals surface area contributed by atoms with Gasteiger partial charge in [-0.25, -0.2) is 13.8 Å². The minimum atomic E-state index is -0.487.